The van der Waals surface area contributed by atoms with Crippen molar-refractivity contribution in [2.45, 2.75) is 39.2 Å². The Balaban J connectivity index is 3.12. The van der Waals surface area contributed by atoms with E-state index in [2.05, 4.69) is 5.32 Å². The standard InChI is InChI=1S/C14H18N2O5/c1-4-14(5-2,13(18)19)15-12(17)10-7-6-9(3)11(8-10)16(20)21/h6-8H,4-5H2,1-3H3,(H,15,17)(H,18,19). The fourth-order valence-electron chi connectivity index (χ4n) is 2.02. The number of rotatable bonds is 6. The molecule has 0 bridgehead atoms. The lowest BCUT2D eigenvalue weighted by atomic mass is 9.92. The summed E-state index contributed by atoms with van der Waals surface area (Å²) in [6.07, 6.45) is 0.442. The summed E-state index contributed by atoms with van der Waals surface area (Å²) in [6, 6.07) is 4.06. The van der Waals surface area contributed by atoms with Crippen molar-refractivity contribution in [3.05, 3.63) is 39.4 Å². The van der Waals surface area contributed by atoms with Gasteiger partial charge in [0, 0.05) is 17.2 Å². The zero-order valence-electron chi connectivity index (χ0n) is 12.2. The van der Waals surface area contributed by atoms with E-state index in [4.69, 9.17) is 0 Å². The van der Waals surface area contributed by atoms with Crippen molar-refractivity contribution in [1.29, 1.82) is 0 Å². The molecule has 0 saturated carbocycles. The number of carbonyl (C=O) groups excluding carboxylic acids is 1. The molecule has 1 rings (SSSR count). The smallest absolute Gasteiger partial charge is 0.329 e. The van der Waals surface area contributed by atoms with Crippen molar-refractivity contribution in [1.82, 2.24) is 5.32 Å². The van der Waals surface area contributed by atoms with E-state index < -0.39 is 22.3 Å². The summed E-state index contributed by atoms with van der Waals surface area (Å²) in [4.78, 5) is 33.8. The van der Waals surface area contributed by atoms with Gasteiger partial charge in [0.15, 0.2) is 0 Å². The number of carboxylic acid groups (broad SMARTS) is 1. The first-order valence-electron chi connectivity index (χ1n) is 6.58. The van der Waals surface area contributed by atoms with E-state index in [9.17, 15) is 24.8 Å². The number of hydrogen-bond acceptors (Lipinski definition) is 4. The molecule has 1 amide bonds. The van der Waals surface area contributed by atoms with Crippen LogP contribution < -0.4 is 5.32 Å². The minimum atomic E-state index is -1.36. The predicted octanol–water partition coefficient (Wildman–Crippen LogP) is 2.28. The van der Waals surface area contributed by atoms with Gasteiger partial charge in [0.05, 0.1) is 4.92 Å². The Labute approximate surface area is 122 Å². The normalized spacial score (nSPS) is 11.0. The second kappa shape index (κ2) is 6.34. The number of hydrogen-bond donors (Lipinski definition) is 2. The SMILES string of the molecule is CCC(CC)(NC(=O)c1ccc(C)c([N+](=O)[O-])c1)C(=O)O. The molecule has 0 fully saturated rings. The molecule has 0 spiro atoms. The molecule has 0 atom stereocenters. The Hall–Kier alpha value is -2.44. The number of amides is 1. The maximum absolute atomic E-state index is 12.2. The lowest BCUT2D eigenvalue weighted by Gasteiger charge is -2.28. The van der Waals surface area contributed by atoms with Crippen LogP contribution in [-0.4, -0.2) is 27.4 Å². The van der Waals surface area contributed by atoms with Gasteiger partial charge in [-0.2, -0.15) is 0 Å². The summed E-state index contributed by atoms with van der Waals surface area (Å²) in [5.74, 6) is -1.76. The van der Waals surface area contributed by atoms with Gasteiger partial charge in [0.25, 0.3) is 11.6 Å². The molecule has 7 heteroatoms. The van der Waals surface area contributed by atoms with Gasteiger partial charge in [-0.3, -0.25) is 14.9 Å². The van der Waals surface area contributed by atoms with Gasteiger partial charge in [-0.05, 0) is 25.8 Å². The van der Waals surface area contributed by atoms with Crippen LogP contribution in [0.15, 0.2) is 18.2 Å². The lowest BCUT2D eigenvalue weighted by molar-refractivity contribution is -0.385. The topological polar surface area (TPSA) is 110 Å². The molecular formula is C14H18N2O5. The molecule has 0 aliphatic heterocycles. The van der Waals surface area contributed by atoms with Gasteiger partial charge in [0.1, 0.15) is 5.54 Å². The van der Waals surface area contributed by atoms with E-state index in [0.717, 1.165) is 6.07 Å². The van der Waals surface area contributed by atoms with E-state index in [0.29, 0.717) is 5.56 Å². The average molecular weight is 294 g/mol. The zero-order chi connectivity index (χ0) is 16.2. The number of aryl methyl sites for hydroxylation is 1. The minimum absolute atomic E-state index is 0.0693. The van der Waals surface area contributed by atoms with Gasteiger partial charge in [-0.25, -0.2) is 4.79 Å². The second-order valence-corrected chi connectivity index (χ2v) is 4.81. The van der Waals surface area contributed by atoms with Crippen LogP contribution in [0.3, 0.4) is 0 Å². The Morgan fingerprint density at radius 1 is 1.33 bits per heavy atom. The van der Waals surface area contributed by atoms with E-state index >= 15 is 0 Å². The van der Waals surface area contributed by atoms with Gasteiger partial charge >= 0.3 is 5.97 Å². The van der Waals surface area contributed by atoms with Crippen LogP contribution in [0.4, 0.5) is 5.69 Å². The van der Waals surface area contributed by atoms with Crippen LogP contribution in [-0.2, 0) is 4.79 Å². The summed E-state index contributed by atoms with van der Waals surface area (Å²) in [7, 11) is 0. The molecule has 0 aliphatic rings. The first-order valence-corrected chi connectivity index (χ1v) is 6.58. The molecule has 21 heavy (non-hydrogen) atoms. The van der Waals surface area contributed by atoms with E-state index in [1.54, 1.807) is 20.8 Å². The number of nitro benzene ring substituents is 1. The van der Waals surface area contributed by atoms with Gasteiger partial charge in [-0.1, -0.05) is 19.9 Å². The Morgan fingerprint density at radius 3 is 2.33 bits per heavy atom. The zero-order valence-corrected chi connectivity index (χ0v) is 12.2. The van der Waals surface area contributed by atoms with E-state index in [1.807, 2.05) is 0 Å². The molecule has 0 heterocycles. The van der Waals surface area contributed by atoms with Crippen LogP contribution in [0.1, 0.15) is 42.6 Å². The average Bonchev–Trinajstić information content (AvgIpc) is 2.44. The highest BCUT2D eigenvalue weighted by molar-refractivity contribution is 5.98. The molecule has 7 nitrogen and oxygen atoms in total. The van der Waals surface area contributed by atoms with Gasteiger partial charge < -0.3 is 10.4 Å². The summed E-state index contributed by atoms with van der Waals surface area (Å²) < 4.78 is 0. The highest BCUT2D eigenvalue weighted by atomic mass is 16.6. The van der Waals surface area contributed by atoms with Gasteiger partial charge in [0.2, 0.25) is 0 Å². The Kier molecular flexibility index (Phi) is 5.02. The molecule has 114 valence electrons. The third kappa shape index (κ3) is 3.36. The Morgan fingerprint density at radius 2 is 1.90 bits per heavy atom. The molecule has 0 aliphatic carbocycles. The summed E-state index contributed by atoms with van der Waals surface area (Å²) in [6.45, 7) is 4.89. The number of aliphatic carboxylic acids is 1. The maximum Gasteiger partial charge on any atom is 0.329 e. The third-order valence-corrected chi connectivity index (χ3v) is 3.64. The van der Waals surface area contributed by atoms with Crippen LogP contribution in [0.25, 0.3) is 0 Å². The summed E-state index contributed by atoms with van der Waals surface area (Å²) in [5, 5.41) is 22.6. The fraction of sp³-hybridized carbons (Fsp3) is 0.429. The van der Waals surface area contributed by atoms with Crippen molar-refractivity contribution in [3.63, 3.8) is 0 Å². The predicted molar refractivity (Wildman–Crippen MR) is 76.2 cm³/mol. The molecule has 0 radical (unpaired) electrons. The number of nitrogens with zero attached hydrogens (tertiary/aromatic N) is 1. The number of carboxylic acids is 1. The molecular weight excluding hydrogens is 276 g/mol. The monoisotopic (exact) mass is 294 g/mol. The fourth-order valence-corrected chi connectivity index (χ4v) is 2.02. The summed E-state index contributed by atoms with van der Waals surface area (Å²) >= 11 is 0. The van der Waals surface area contributed by atoms with E-state index in [1.165, 1.54) is 12.1 Å². The van der Waals surface area contributed by atoms with Crippen molar-refractivity contribution >= 4 is 17.6 Å². The first kappa shape index (κ1) is 16.6. The highest BCUT2D eigenvalue weighted by Crippen LogP contribution is 2.21. The lowest BCUT2D eigenvalue weighted by Crippen LogP contribution is -2.53. The molecule has 1 aromatic carbocycles. The van der Waals surface area contributed by atoms with E-state index in [-0.39, 0.29) is 24.1 Å². The quantitative estimate of drug-likeness (QED) is 0.617. The highest BCUT2D eigenvalue weighted by Gasteiger charge is 2.36. The van der Waals surface area contributed by atoms with Crippen molar-refractivity contribution < 1.29 is 19.6 Å². The molecule has 1 aromatic rings. The van der Waals surface area contributed by atoms with Crippen LogP contribution >= 0.6 is 0 Å². The molecule has 0 saturated heterocycles. The second-order valence-electron chi connectivity index (χ2n) is 4.81. The largest absolute Gasteiger partial charge is 0.480 e. The van der Waals surface area contributed by atoms with Crippen molar-refractivity contribution in [2.75, 3.05) is 0 Å². The van der Waals surface area contributed by atoms with Crippen LogP contribution in [0.2, 0.25) is 0 Å². The van der Waals surface area contributed by atoms with Crippen molar-refractivity contribution in [2.24, 2.45) is 0 Å². The minimum Gasteiger partial charge on any atom is -0.480 e. The number of nitrogens with one attached hydrogen (secondary N) is 1. The van der Waals surface area contributed by atoms with Crippen LogP contribution in [0.5, 0.6) is 0 Å². The van der Waals surface area contributed by atoms with Crippen molar-refractivity contribution in [3.8, 4) is 0 Å². The third-order valence-electron chi connectivity index (χ3n) is 3.64. The van der Waals surface area contributed by atoms with Crippen LogP contribution in [0, 0.1) is 17.0 Å². The number of carbonyl (C=O) groups is 2. The molecule has 0 aromatic heterocycles. The molecule has 0 unspecified atom stereocenters. The maximum atomic E-state index is 12.2. The number of nitro groups is 1. The first-order chi connectivity index (χ1) is 9.77. The Bertz CT molecular complexity index is 579. The number of benzene rings is 1. The molecule has 2 N–H and O–H groups in total. The van der Waals surface area contributed by atoms with Gasteiger partial charge in [-0.15, -0.1) is 0 Å². The summed E-state index contributed by atoms with van der Waals surface area (Å²) in [5.41, 5.74) is -1.03.